The zero-order chi connectivity index (χ0) is 11.7. The average molecular weight is 408 g/mol. The maximum atomic E-state index is 6.31. The maximum absolute atomic E-state index is 6.31. The number of thiophene rings is 1. The third-order valence-electron chi connectivity index (χ3n) is 2.48. The minimum atomic E-state index is -0.0406. The summed E-state index contributed by atoms with van der Waals surface area (Å²) < 4.78 is 2.36. The molecule has 2 aromatic rings. The van der Waals surface area contributed by atoms with Gasteiger partial charge in [0.15, 0.2) is 0 Å². The molecule has 0 aliphatic rings. The fraction of sp³-hybridized carbons (Fsp3) is 0.167. The summed E-state index contributed by atoms with van der Waals surface area (Å²) in [5.41, 5.74) is 8.78. The van der Waals surface area contributed by atoms with Crippen LogP contribution in [0.5, 0.6) is 0 Å². The summed E-state index contributed by atoms with van der Waals surface area (Å²) in [7, 11) is 0. The number of benzene rings is 1. The highest BCUT2D eigenvalue weighted by molar-refractivity contribution is 14.1. The predicted octanol–water partition coefficient (Wildman–Crippen LogP) is 4.47. The SMILES string of the molecule is Cc1cccc(C(N)c2sccc2Br)c1I. The van der Waals surface area contributed by atoms with E-state index < -0.39 is 0 Å². The Labute approximate surface area is 121 Å². The third kappa shape index (κ3) is 2.34. The lowest BCUT2D eigenvalue weighted by molar-refractivity contribution is 0.879. The van der Waals surface area contributed by atoms with Gasteiger partial charge in [0.1, 0.15) is 0 Å². The first-order valence-corrected chi connectivity index (χ1v) is 7.60. The van der Waals surface area contributed by atoms with E-state index in [1.54, 1.807) is 11.3 Å². The summed E-state index contributed by atoms with van der Waals surface area (Å²) in [4.78, 5) is 1.18. The van der Waals surface area contributed by atoms with Gasteiger partial charge >= 0.3 is 0 Å². The van der Waals surface area contributed by atoms with E-state index in [-0.39, 0.29) is 6.04 Å². The summed E-state index contributed by atoms with van der Waals surface area (Å²) in [6.07, 6.45) is 0. The van der Waals surface area contributed by atoms with Crippen molar-refractivity contribution in [2.24, 2.45) is 5.73 Å². The van der Waals surface area contributed by atoms with Crippen molar-refractivity contribution < 1.29 is 0 Å². The number of nitrogens with two attached hydrogens (primary N) is 1. The Morgan fingerprint density at radius 2 is 2.12 bits per heavy atom. The normalized spacial score (nSPS) is 12.8. The second kappa shape index (κ2) is 5.16. The van der Waals surface area contributed by atoms with Gasteiger partial charge in [0.05, 0.1) is 6.04 Å². The van der Waals surface area contributed by atoms with Crippen LogP contribution in [0.25, 0.3) is 0 Å². The average Bonchev–Trinajstić information content (AvgIpc) is 2.68. The molecule has 16 heavy (non-hydrogen) atoms. The fourth-order valence-corrected chi connectivity index (χ4v) is 3.91. The lowest BCUT2D eigenvalue weighted by Gasteiger charge is -2.14. The molecule has 0 amide bonds. The maximum Gasteiger partial charge on any atom is 0.0667 e. The van der Waals surface area contributed by atoms with E-state index in [0.717, 1.165) is 4.47 Å². The molecule has 0 radical (unpaired) electrons. The summed E-state index contributed by atoms with van der Waals surface area (Å²) in [6, 6.07) is 8.28. The molecule has 1 aromatic heterocycles. The Bertz CT molecular complexity index is 509. The molecule has 1 atom stereocenters. The fourth-order valence-electron chi connectivity index (χ4n) is 1.58. The Hall–Kier alpha value is 0.0900. The summed E-state index contributed by atoms with van der Waals surface area (Å²) in [5, 5.41) is 2.06. The van der Waals surface area contributed by atoms with Crippen molar-refractivity contribution in [2.75, 3.05) is 0 Å². The van der Waals surface area contributed by atoms with Crippen LogP contribution in [0.15, 0.2) is 34.1 Å². The number of hydrogen-bond acceptors (Lipinski definition) is 2. The van der Waals surface area contributed by atoms with E-state index in [2.05, 4.69) is 69.0 Å². The molecular formula is C12H11BrINS. The highest BCUT2D eigenvalue weighted by atomic mass is 127. The van der Waals surface area contributed by atoms with Crippen LogP contribution in [-0.2, 0) is 0 Å². The zero-order valence-corrected chi connectivity index (χ0v) is 13.3. The van der Waals surface area contributed by atoms with Crippen molar-refractivity contribution in [1.82, 2.24) is 0 Å². The van der Waals surface area contributed by atoms with Crippen molar-refractivity contribution in [3.8, 4) is 0 Å². The lowest BCUT2D eigenvalue weighted by Crippen LogP contribution is -2.12. The van der Waals surface area contributed by atoms with Crippen molar-refractivity contribution in [1.29, 1.82) is 0 Å². The van der Waals surface area contributed by atoms with Crippen LogP contribution >= 0.6 is 49.9 Å². The van der Waals surface area contributed by atoms with Crippen LogP contribution in [0.4, 0.5) is 0 Å². The van der Waals surface area contributed by atoms with Gasteiger partial charge in [0.2, 0.25) is 0 Å². The number of rotatable bonds is 2. The molecule has 0 bridgehead atoms. The molecule has 84 valence electrons. The van der Waals surface area contributed by atoms with Crippen molar-refractivity contribution >= 4 is 49.9 Å². The Kier molecular flexibility index (Phi) is 4.05. The van der Waals surface area contributed by atoms with Gasteiger partial charge in [0, 0.05) is 12.9 Å². The van der Waals surface area contributed by atoms with Gasteiger partial charge in [-0.15, -0.1) is 11.3 Å². The van der Waals surface area contributed by atoms with Gasteiger partial charge < -0.3 is 5.73 Å². The molecule has 0 aliphatic heterocycles. The van der Waals surface area contributed by atoms with Crippen LogP contribution in [0.2, 0.25) is 0 Å². The molecule has 0 spiro atoms. The number of aryl methyl sites for hydroxylation is 1. The smallest absolute Gasteiger partial charge is 0.0667 e. The van der Waals surface area contributed by atoms with Gasteiger partial charge in [-0.1, -0.05) is 18.2 Å². The third-order valence-corrected chi connectivity index (χ3v) is 5.91. The minimum absolute atomic E-state index is 0.0406. The number of hydrogen-bond donors (Lipinski definition) is 1. The van der Waals surface area contributed by atoms with E-state index in [4.69, 9.17) is 5.73 Å². The van der Waals surface area contributed by atoms with Crippen LogP contribution in [-0.4, -0.2) is 0 Å². The highest BCUT2D eigenvalue weighted by Gasteiger charge is 2.16. The zero-order valence-electron chi connectivity index (χ0n) is 8.71. The summed E-state index contributed by atoms with van der Waals surface area (Å²) in [5.74, 6) is 0. The first-order chi connectivity index (χ1) is 7.61. The molecule has 0 aliphatic carbocycles. The van der Waals surface area contributed by atoms with Crippen molar-refractivity contribution in [3.05, 3.63) is 53.7 Å². The first kappa shape index (κ1) is 12.5. The van der Waals surface area contributed by atoms with Crippen molar-refractivity contribution in [3.63, 3.8) is 0 Å². The monoisotopic (exact) mass is 407 g/mol. The van der Waals surface area contributed by atoms with Gasteiger partial charge in [-0.3, -0.25) is 0 Å². The lowest BCUT2D eigenvalue weighted by atomic mass is 10.0. The molecule has 2 N–H and O–H groups in total. The van der Waals surface area contributed by atoms with Gasteiger partial charge in [-0.05, 0) is 68.0 Å². The molecule has 0 fully saturated rings. The van der Waals surface area contributed by atoms with Crippen LogP contribution < -0.4 is 5.73 Å². The van der Waals surface area contributed by atoms with E-state index in [1.165, 1.54) is 19.6 Å². The Balaban J connectivity index is 2.46. The summed E-state index contributed by atoms with van der Waals surface area (Å²) in [6.45, 7) is 2.11. The second-order valence-corrected chi connectivity index (χ2v) is 6.47. The summed E-state index contributed by atoms with van der Waals surface area (Å²) >= 11 is 7.59. The first-order valence-electron chi connectivity index (χ1n) is 4.84. The van der Waals surface area contributed by atoms with Crippen LogP contribution in [0, 0.1) is 10.5 Å². The minimum Gasteiger partial charge on any atom is -0.320 e. The van der Waals surface area contributed by atoms with Crippen LogP contribution in [0.1, 0.15) is 22.0 Å². The largest absolute Gasteiger partial charge is 0.320 e. The predicted molar refractivity (Wildman–Crippen MR) is 81.9 cm³/mol. The molecule has 0 saturated carbocycles. The number of halogens is 2. The highest BCUT2D eigenvalue weighted by Crippen LogP contribution is 2.33. The standard InChI is InChI=1S/C12H11BrINS/c1-7-3-2-4-8(10(7)14)11(15)12-9(13)5-6-16-12/h2-6,11H,15H2,1H3. The van der Waals surface area contributed by atoms with Crippen LogP contribution in [0.3, 0.4) is 0 Å². The van der Waals surface area contributed by atoms with Gasteiger partial charge in [-0.2, -0.15) is 0 Å². The van der Waals surface area contributed by atoms with E-state index in [0.29, 0.717) is 0 Å². The van der Waals surface area contributed by atoms with E-state index in [9.17, 15) is 0 Å². The Morgan fingerprint density at radius 1 is 1.38 bits per heavy atom. The quantitative estimate of drug-likeness (QED) is 0.730. The molecule has 1 nitrogen and oxygen atoms in total. The molecule has 1 aromatic carbocycles. The molecule has 1 unspecified atom stereocenters. The van der Waals surface area contributed by atoms with Gasteiger partial charge in [-0.25, -0.2) is 0 Å². The Morgan fingerprint density at radius 3 is 2.75 bits per heavy atom. The van der Waals surface area contributed by atoms with E-state index >= 15 is 0 Å². The van der Waals surface area contributed by atoms with E-state index in [1.807, 2.05) is 6.07 Å². The molecule has 2 rings (SSSR count). The topological polar surface area (TPSA) is 26.0 Å². The van der Waals surface area contributed by atoms with Crippen molar-refractivity contribution in [2.45, 2.75) is 13.0 Å². The molecule has 1 heterocycles. The second-order valence-electron chi connectivity index (χ2n) is 3.59. The molecular weight excluding hydrogens is 397 g/mol. The molecule has 0 saturated heterocycles. The van der Waals surface area contributed by atoms with Gasteiger partial charge in [0.25, 0.3) is 0 Å². The molecule has 4 heteroatoms.